The maximum atomic E-state index is 13.1. The van der Waals surface area contributed by atoms with Crippen LogP contribution in [0.25, 0.3) is 66.5 Å². The van der Waals surface area contributed by atoms with Crippen molar-refractivity contribution < 1.29 is 32.5 Å². The zero-order valence-corrected chi connectivity index (χ0v) is 49.6. The minimum absolute atomic E-state index is 0.246. The number of halogens is 3. The molecule has 0 spiro atoms. The van der Waals surface area contributed by atoms with Crippen LogP contribution in [0.1, 0.15) is 19.8 Å². The number of fused-ring (bicyclic) bond motifs is 3. The number of nitrogens with zero attached hydrogens (tertiary/aromatic N) is 10. The van der Waals surface area contributed by atoms with Crippen molar-refractivity contribution in [3.05, 3.63) is 236 Å². The minimum Gasteiger partial charge on any atom is -0.457 e. The number of anilines is 3. The number of likely N-dealkylation sites (N-methyl/N-ethyl adjacent to an activating group) is 1. The van der Waals surface area contributed by atoms with Gasteiger partial charge in [-0.25, -0.2) is 48.9 Å². The Kier molecular flexibility index (Phi) is 18.4. The average Bonchev–Trinajstić information content (AvgIpc) is 0.920. The quantitative estimate of drug-likeness (QED) is 0.0827. The molecule has 0 unspecified atom stereocenters. The van der Waals surface area contributed by atoms with Crippen molar-refractivity contribution in [2.24, 2.45) is 5.84 Å². The molecule has 5 heterocycles. The normalized spacial score (nSPS) is 13.5. The van der Waals surface area contributed by atoms with Crippen LogP contribution in [-0.2, 0) is 0 Å². The van der Waals surface area contributed by atoms with Crippen molar-refractivity contribution in [1.82, 2.24) is 34.8 Å². The van der Waals surface area contributed by atoms with Gasteiger partial charge in [-0.05, 0) is 183 Å². The second-order valence-electron chi connectivity index (χ2n) is 21.7. The summed E-state index contributed by atoms with van der Waals surface area (Å²) in [6.45, 7) is 8.65. The molecule has 9 aromatic carbocycles. The Balaban J connectivity index is 0.000000131. The van der Waals surface area contributed by atoms with Crippen LogP contribution in [0.15, 0.2) is 218 Å². The van der Waals surface area contributed by atoms with Gasteiger partial charge in [-0.2, -0.15) is 0 Å². The smallest absolute Gasteiger partial charge is 0.240 e. The summed E-state index contributed by atoms with van der Waals surface area (Å²) in [5, 5.41) is 14.2. The lowest BCUT2D eigenvalue weighted by Crippen LogP contribution is -2.46. The van der Waals surface area contributed by atoms with E-state index in [2.05, 4.69) is 37.7 Å². The Hall–Kier alpha value is -10.5. The Morgan fingerprint density at radius 3 is 1.07 bits per heavy atom. The van der Waals surface area contributed by atoms with Crippen molar-refractivity contribution in [2.45, 2.75) is 25.9 Å². The molecule has 15 nitrogen and oxygen atoms in total. The molecule has 14 rings (SSSR count). The predicted octanol–water partition coefficient (Wildman–Crippen LogP) is 15.1. The number of aromatic nitrogens is 6. The zero-order chi connectivity index (χ0) is 61.9. The number of piperazine rings is 1. The van der Waals surface area contributed by atoms with E-state index >= 15 is 0 Å². The minimum atomic E-state index is -0.297. The number of para-hydroxylation sites is 3. The third kappa shape index (κ3) is 14.5. The van der Waals surface area contributed by atoms with E-state index in [9.17, 15) is 18.3 Å². The van der Waals surface area contributed by atoms with Crippen LogP contribution in [0.2, 0.25) is 0 Å². The van der Waals surface area contributed by atoms with Gasteiger partial charge in [0.1, 0.15) is 51.9 Å². The van der Waals surface area contributed by atoms with E-state index in [0.29, 0.717) is 46.4 Å². The number of aliphatic hydroxyl groups excluding tert-OH is 1. The molecule has 90 heavy (non-hydrogen) atoms. The van der Waals surface area contributed by atoms with Gasteiger partial charge in [0.05, 0.1) is 39.7 Å². The van der Waals surface area contributed by atoms with Crippen LogP contribution in [0.3, 0.4) is 0 Å². The van der Waals surface area contributed by atoms with Crippen LogP contribution in [-0.4, -0.2) is 98.9 Å². The Morgan fingerprint density at radius 1 is 0.411 bits per heavy atom. The molecule has 2 fully saturated rings. The zero-order valence-electron chi connectivity index (χ0n) is 49.6. The van der Waals surface area contributed by atoms with E-state index in [1.165, 1.54) is 41.4 Å². The number of rotatable bonds is 13. The first-order chi connectivity index (χ1) is 43.9. The molecule has 0 atom stereocenters. The third-order valence-corrected chi connectivity index (χ3v) is 15.5. The molecule has 3 aromatic heterocycles. The molecular formula is C72H64F3N11O4. The predicted molar refractivity (Wildman–Crippen MR) is 349 cm³/mol. The van der Waals surface area contributed by atoms with Gasteiger partial charge in [0, 0.05) is 79.2 Å². The first-order valence-corrected chi connectivity index (χ1v) is 29.8. The van der Waals surface area contributed by atoms with Crippen molar-refractivity contribution in [3.8, 4) is 68.3 Å². The number of nitrogens with two attached hydrogens (primary N) is 1. The van der Waals surface area contributed by atoms with Gasteiger partial charge in [-0.1, -0.05) is 61.5 Å². The molecule has 2 aliphatic rings. The Bertz CT molecular complexity index is 4370. The highest BCUT2D eigenvalue weighted by Crippen LogP contribution is 2.35. The van der Waals surface area contributed by atoms with Gasteiger partial charge in [0.2, 0.25) is 17.8 Å². The summed E-state index contributed by atoms with van der Waals surface area (Å²) in [7, 11) is 1.70. The number of piperidine rings is 1. The average molecular weight is 1200 g/mol. The van der Waals surface area contributed by atoms with Crippen LogP contribution in [0.4, 0.5) is 31.0 Å². The first-order valence-electron chi connectivity index (χ1n) is 29.8. The van der Waals surface area contributed by atoms with Crippen LogP contribution in [0, 0.1) is 17.5 Å². The molecule has 0 saturated carbocycles. The SMILES string of the molecule is CCN1CCN(c2nc(-c3ccc(Oc4ccc(F)cc4)cc3)c3ccccc3n2)CC1.CN(N)c1nc(-c2ccc(Oc3ccc(F)cc3)cc2)c2ccccc2n1.OC1CCN(c2nc(-c3ccc(Oc4ccc(F)cc4)cc3)c3ccccc3n2)CC1. The summed E-state index contributed by atoms with van der Waals surface area (Å²) >= 11 is 0. The van der Waals surface area contributed by atoms with Gasteiger partial charge in [0.25, 0.3) is 0 Å². The summed E-state index contributed by atoms with van der Waals surface area (Å²) in [6.07, 6.45) is 1.20. The number of ether oxygens (including phenoxy) is 3. The van der Waals surface area contributed by atoms with E-state index < -0.39 is 0 Å². The molecule has 452 valence electrons. The fraction of sp³-hybridized carbons (Fsp3) is 0.167. The molecule has 18 heteroatoms. The molecule has 0 aliphatic carbocycles. The topological polar surface area (TPSA) is 164 Å². The number of hydrogen-bond acceptors (Lipinski definition) is 15. The van der Waals surface area contributed by atoms with Gasteiger partial charge >= 0.3 is 0 Å². The maximum Gasteiger partial charge on any atom is 0.240 e. The summed E-state index contributed by atoms with van der Waals surface area (Å²) in [5.41, 5.74) is 8.10. The van der Waals surface area contributed by atoms with Crippen LogP contribution >= 0.6 is 0 Å². The molecule has 0 amide bonds. The second-order valence-corrected chi connectivity index (χ2v) is 21.7. The van der Waals surface area contributed by atoms with Gasteiger partial charge < -0.3 is 34.0 Å². The fourth-order valence-corrected chi connectivity index (χ4v) is 10.6. The molecule has 0 bridgehead atoms. The molecule has 0 radical (unpaired) electrons. The lowest BCUT2D eigenvalue weighted by molar-refractivity contribution is 0.145. The lowest BCUT2D eigenvalue weighted by Gasteiger charge is -2.34. The lowest BCUT2D eigenvalue weighted by atomic mass is 10.1. The van der Waals surface area contributed by atoms with E-state index in [4.69, 9.17) is 40.0 Å². The van der Waals surface area contributed by atoms with E-state index in [-0.39, 0.29) is 23.6 Å². The molecule has 3 N–H and O–H groups in total. The van der Waals surface area contributed by atoms with E-state index in [1.807, 2.05) is 140 Å². The summed E-state index contributed by atoms with van der Waals surface area (Å²) in [5.74, 6) is 10.6. The molecule has 12 aromatic rings. The number of benzene rings is 9. The number of hydrazine groups is 1. The Morgan fingerprint density at radius 2 is 0.722 bits per heavy atom. The Labute approximate surface area is 519 Å². The number of hydrogen-bond donors (Lipinski definition) is 2. The van der Waals surface area contributed by atoms with Crippen molar-refractivity contribution in [2.75, 3.05) is 67.7 Å². The molecular weight excluding hydrogens is 1140 g/mol. The van der Waals surface area contributed by atoms with Crippen molar-refractivity contribution >= 4 is 50.6 Å². The van der Waals surface area contributed by atoms with Gasteiger partial charge in [-0.3, -0.25) is 5.01 Å². The standard InChI is InChI=1S/C26H25FN4O.C25H22FN3O2.C21H17FN4O/c1-2-30-15-17-31(18-16-30)26-28-24-6-4-3-5-23(24)25(29-26)19-7-11-21(12-8-19)32-22-13-9-20(27)10-14-22;26-18-7-11-21(12-8-18)31-20-9-5-17(6-10-20)24-22-3-1-2-4-23(22)27-25(28-24)29-15-13-19(30)14-16-29;1-26(23)21-24-19-5-3-2-4-18(19)20(25-21)14-6-10-16(11-7-14)27-17-12-8-15(22)9-13-17/h3-14H,2,15-18H2,1H3;1-12,19,30H,13-16H2;2-13H,23H2,1H3. The van der Waals surface area contributed by atoms with Gasteiger partial charge in [-0.15, -0.1) is 0 Å². The number of aliphatic hydroxyl groups is 1. The van der Waals surface area contributed by atoms with Crippen molar-refractivity contribution in [3.63, 3.8) is 0 Å². The van der Waals surface area contributed by atoms with Gasteiger partial charge in [0.15, 0.2) is 0 Å². The fourth-order valence-electron chi connectivity index (χ4n) is 10.6. The highest BCUT2D eigenvalue weighted by molar-refractivity contribution is 5.95. The summed E-state index contributed by atoms with van der Waals surface area (Å²) in [6, 6.07) is 64.8. The first kappa shape index (κ1) is 59.8. The highest BCUT2D eigenvalue weighted by atomic mass is 19.1. The largest absolute Gasteiger partial charge is 0.457 e. The van der Waals surface area contributed by atoms with E-state index in [1.54, 1.807) is 43.4 Å². The molecule has 2 saturated heterocycles. The van der Waals surface area contributed by atoms with Crippen LogP contribution < -0.4 is 34.9 Å². The summed E-state index contributed by atoms with van der Waals surface area (Å²) < 4.78 is 56.6. The maximum absolute atomic E-state index is 13.1. The third-order valence-electron chi connectivity index (χ3n) is 15.5. The monoisotopic (exact) mass is 1200 g/mol. The van der Waals surface area contributed by atoms with Crippen LogP contribution in [0.5, 0.6) is 34.5 Å². The van der Waals surface area contributed by atoms with Crippen molar-refractivity contribution in [1.29, 1.82) is 0 Å². The highest BCUT2D eigenvalue weighted by Gasteiger charge is 2.23. The molecule has 2 aliphatic heterocycles. The van der Waals surface area contributed by atoms with E-state index in [0.717, 1.165) is 131 Å². The second kappa shape index (κ2) is 27.7. The summed E-state index contributed by atoms with van der Waals surface area (Å²) in [4.78, 5) is 35.4.